The number of nitrogens with zero attached hydrogens (tertiary/aromatic N) is 1. The summed E-state index contributed by atoms with van der Waals surface area (Å²) in [5.41, 5.74) is 2.61. The van der Waals surface area contributed by atoms with Gasteiger partial charge in [-0.25, -0.2) is 4.98 Å². The van der Waals surface area contributed by atoms with E-state index in [1.165, 1.54) is 4.50 Å². The van der Waals surface area contributed by atoms with Crippen LogP contribution in [-0.2, 0) is 0 Å². The predicted molar refractivity (Wildman–Crippen MR) is 83.6 cm³/mol. The van der Waals surface area contributed by atoms with Crippen LogP contribution in [0, 0.1) is 0 Å². The Morgan fingerprint density at radius 2 is 1.94 bits per heavy atom. The normalized spacial score (nSPS) is 11.6. The van der Waals surface area contributed by atoms with Gasteiger partial charge < -0.3 is 0 Å². The van der Waals surface area contributed by atoms with E-state index in [2.05, 4.69) is 40.6 Å². The molecule has 0 saturated heterocycles. The van der Waals surface area contributed by atoms with Crippen LogP contribution in [0.3, 0.4) is 0 Å². The number of aldehydes is 1. The van der Waals surface area contributed by atoms with Crippen LogP contribution in [0.1, 0.15) is 10.4 Å². The zero-order chi connectivity index (χ0) is 13.3. The first-order valence-corrected chi connectivity index (χ1v) is 10.8. The average Bonchev–Trinajstić information content (AvgIpc) is 2.71. The quantitative estimate of drug-likeness (QED) is 0.626. The van der Waals surface area contributed by atoms with Crippen molar-refractivity contribution in [3.63, 3.8) is 0 Å². The molecule has 2 aromatic rings. The summed E-state index contributed by atoms with van der Waals surface area (Å²) < 4.78 is 2.21. The first-order valence-electron chi connectivity index (χ1n) is 5.65. The molecule has 0 saturated carbocycles. The van der Waals surface area contributed by atoms with Crippen molar-refractivity contribution >= 4 is 46.1 Å². The molecular formula is C13H14BrNOSSi. The van der Waals surface area contributed by atoms with Crippen molar-refractivity contribution in [3.8, 4) is 11.3 Å². The Bertz CT molecular complexity index is 589. The lowest BCUT2D eigenvalue weighted by molar-refractivity contribution is 0.112. The number of carbonyl (C=O) groups is 1. The van der Waals surface area contributed by atoms with Crippen molar-refractivity contribution < 1.29 is 4.79 Å². The zero-order valence-corrected chi connectivity index (χ0v) is 13.9. The summed E-state index contributed by atoms with van der Waals surface area (Å²) in [7, 11) is -1.47. The second-order valence-electron chi connectivity index (χ2n) is 5.10. The van der Waals surface area contributed by atoms with Gasteiger partial charge in [0, 0.05) is 15.6 Å². The number of benzene rings is 1. The van der Waals surface area contributed by atoms with Crippen LogP contribution in [-0.4, -0.2) is 19.3 Å². The molecule has 0 N–H and O–H groups in total. The fourth-order valence-corrected chi connectivity index (χ4v) is 5.88. The largest absolute Gasteiger partial charge is 0.298 e. The monoisotopic (exact) mass is 339 g/mol. The van der Waals surface area contributed by atoms with E-state index in [1.54, 1.807) is 11.3 Å². The summed E-state index contributed by atoms with van der Waals surface area (Å²) in [5.74, 6) is 0. The minimum absolute atomic E-state index is 0.704. The van der Waals surface area contributed by atoms with Crippen molar-refractivity contribution in [3.05, 3.63) is 33.7 Å². The summed E-state index contributed by atoms with van der Waals surface area (Å²) in [6.45, 7) is 6.87. The number of aromatic nitrogens is 1. The summed E-state index contributed by atoms with van der Waals surface area (Å²) in [5, 5.41) is 0. The molecule has 0 aliphatic carbocycles. The van der Waals surface area contributed by atoms with Crippen molar-refractivity contribution in [1.29, 1.82) is 0 Å². The second-order valence-corrected chi connectivity index (χ2v) is 12.7. The molecule has 1 aromatic carbocycles. The van der Waals surface area contributed by atoms with Crippen molar-refractivity contribution in [2.24, 2.45) is 0 Å². The van der Waals surface area contributed by atoms with E-state index in [9.17, 15) is 4.79 Å². The zero-order valence-electron chi connectivity index (χ0n) is 10.5. The number of carbonyl (C=O) groups excluding carboxylic acids is 1. The molecule has 0 amide bonds. The molecule has 0 aliphatic rings. The molecule has 1 aromatic heterocycles. The van der Waals surface area contributed by atoms with Gasteiger partial charge in [0.15, 0.2) is 10.2 Å². The minimum Gasteiger partial charge on any atom is -0.298 e. The molecule has 5 heteroatoms. The molecule has 0 radical (unpaired) electrons. The molecule has 0 unspecified atom stereocenters. The van der Waals surface area contributed by atoms with Gasteiger partial charge in [-0.2, -0.15) is 0 Å². The van der Waals surface area contributed by atoms with E-state index < -0.39 is 8.07 Å². The van der Waals surface area contributed by atoms with Crippen LogP contribution < -0.4 is 4.50 Å². The lowest BCUT2D eigenvalue weighted by Gasteiger charge is -2.16. The third-order valence-corrected chi connectivity index (χ3v) is 7.69. The van der Waals surface area contributed by atoms with Gasteiger partial charge in [-0.1, -0.05) is 43.9 Å². The highest BCUT2D eigenvalue weighted by Gasteiger charge is 2.26. The van der Waals surface area contributed by atoms with Crippen molar-refractivity contribution in [1.82, 2.24) is 4.98 Å². The van der Waals surface area contributed by atoms with E-state index in [0.29, 0.717) is 5.56 Å². The van der Waals surface area contributed by atoms with Gasteiger partial charge in [-0.05, 0) is 15.9 Å². The Morgan fingerprint density at radius 1 is 1.28 bits per heavy atom. The van der Waals surface area contributed by atoms with Crippen LogP contribution in [0.2, 0.25) is 19.6 Å². The predicted octanol–water partition coefficient (Wildman–Crippen LogP) is 3.93. The van der Waals surface area contributed by atoms with Gasteiger partial charge >= 0.3 is 0 Å². The highest BCUT2D eigenvalue weighted by atomic mass is 79.9. The maximum absolute atomic E-state index is 11.1. The summed E-state index contributed by atoms with van der Waals surface area (Å²) in [4.78, 5) is 15.7. The minimum atomic E-state index is -1.47. The highest BCUT2D eigenvalue weighted by molar-refractivity contribution is 9.11. The van der Waals surface area contributed by atoms with Crippen LogP contribution in [0.15, 0.2) is 28.2 Å². The summed E-state index contributed by atoms with van der Waals surface area (Å²) in [6, 6.07) is 7.63. The molecule has 1 heterocycles. The van der Waals surface area contributed by atoms with Crippen LogP contribution >= 0.6 is 27.3 Å². The van der Waals surface area contributed by atoms with Crippen LogP contribution in [0.25, 0.3) is 11.3 Å². The van der Waals surface area contributed by atoms with E-state index in [4.69, 9.17) is 0 Å². The Labute approximate surface area is 120 Å². The molecule has 0 bridgehead atoms. The highest BCUT2D eigenvalue weighted by Crippen LogP contribution is 2.28. The second kappa shape index (κ2) is 5.07. The maximum atomic E-state index is 11.1. The first-order chi connectivity index (χ1) is 8.43. The first kappa shape index (κ1) is 13.6. The molecule has 0 atom stereocenters. The molecule has 2 nitrogen and oxygen atoms in total. The number of thiazole rings is 1. The Morgan fingerprint density at radius 3 is 2.56 bits per heavy atom. The Balaban J connectivity index is 2.68. The van der Waals surface area contributed by atoms with Crippen molar-refractivity contribution in [2.45, 2.75) is 19.6 Å². The van der Waals surface area contributed by atoms with Crippen molar-refractivity contribution in [2.75, 3.05) is 0 Å². The molecule has 0 spiro atoms. The third-order valence-electron chi connectivity index (χ3n) is 2.63. The lowest BCUT2D eigenvalue weighted by Crippen LogP contribution is -2.36. The van der Waals surface area contributed by atoms with E-state index in [1.807, 2.05) is 24.3 Å². The van der Waals surface area contributed by atoms with Gasteiger partial charge in [0.25, 0.3) is 0 Å². The Kier molecular flexibility index (Phi) is 3.84. The fourth-order valence-electron chi connectivity index (χ4n) is 1.80. The van der Waals surface area contributed by atoms with Crippen LogP contribution in [0.5, 0.6) is 0 Å². The van der Waals surface area contributed by atoms with Gasteiger partial charge in [-0.15, -0.1) is 11.3 Å². The topological polar surface area (TPSA) is 30.0 Å². The molecule has 94 valence electrons. The van der Waals surface area contributed by atoms with E-state index in [-0.39, 0.29) is 0 Å². The van der Waals surface area contributed by atoms with Crippen LogP contribution in [0.4, 0.5) is 0 Å². The van der Waals surface area contributed by atoms with Gasteiger partial charge in [0.05, 0.1) is 13.8 Å². The Hall–Kier alpha value is -0.783. The average molecular weight is 340 g/mol. The molecule has 0 aliphatic heterocycles. The van der Waals surface area contributed by atoms with Gasteiger partial charge in [0.1, 0.15) is 0 Å². The van der Waals surface area contributed by atoms with Gasteiger partial charge in [-0.3, -0.25) is 4.79 Å². The lowest BCUT2D eigenvalue weighted by atomic mass is 10.1. The fraction of sp³-hybridized carbons (Fsp3) is 0.231. The third kappa shape index (κ3) is 2.63. The summed E-state index contributed by atoms with van der Waals surface area (Å²) in [6.07, 6.45) is 0.899. The molecule has 18 heavy (non-hydrogen) atoms. The SMILES string of the molecule is C[Si](C)(C)c1sc(Br)nc1-c1ccccc1C=O. The molecule has 2 rings (SSSR count). The van der Waals surface area contributed by atoms with E-state index in [0.717, 1.165) is 21.5 Å². The smallest absolute Gasteiger partial charge is 0.159 e. The number of halogens is 1. The van der Waals surface area contributed by atoms with E-state index >= 15 is 0 Å². The number of hydrogen-bond acceptors (Lipinski definition) is 3. The molecular weight excluding hydrogens is 326 g/mol. The number of hydrogen-bond donors (Lipinski definition) is 0. The summed E-state index contributed by atoms with van der Waals surface area (Å²) >= 11 is 5.15. The maximum Gasteiger partial charge on any atom is 0.159 e. The number of rotatable bonds is 3. The van der Waals surface area contributed by atoms with Gasteiger partial charge in [0.2, 0.25) is 0 Å². The standard InChI is InChI=1S/C13H14BrNOSSi/c1-18(2,3)12-11(15-13(14)17-12)10-7-5-4-6-9(10)8-16/h4-8H,1-3H3. The molecule has 0 fully saturated rings.